The second-order valence-corrected chi connectivity index (χ2v) is 5.71. The van der Waals surface area contributed by atoms with Crippen molar-refractivity contribution in [1.29, 1.82) is 0 Å². The lowest BCUT2D eigenvalue weighted by atomic mass is 10.1. The molecule has 2 rings (SSSR count). The van der Waals surface area contributed by atoms with E-state index >= 15 is 0 Å². The molecular formula is C17H27FN2O. The van der Waals surface area contributed by atoms with E-state index < -0.39 is 0 Å². The van der Waals surface area contributed by atoms with Crippen LogP contribution in [0.4, 0.5) is 10.1 Å². The molecule has 0 atom stereocenters. The molecule has 1 aromatic rings. The van der Waals surface area contributed by atoms with Gasteiger partial charge in [-0.2, -0.15) is 0 Å². The van der Waals surface area contributed by atoms with Crippen molar-refractivity contribution in [2.75, 3.05) is 38.3 Å². The number of nitrogens with one attached hydrogen (secondary N) is 1. The maximum atomic E-state index is 14.1. The van der Waals surface area contributed by atoms with Crippen molar-refractivity contribution in [3.8, 4) is 0 Å². The van der Waals surface area contributed by atoms with E-state index in [1.165, 1.54) is 25.7 Å². The zero-order valence-corrected chi connectivity index (χ0v) is 13.0. The third-order valence-electron chi connectivity index (χ3n) is 3.99. The summed E-state index contributed by atoms with van der Waals surface area (Å²) in [6.07, 6.45) is 5.85. The molecule has 3 nitrogen and oxygen atoms in total. The molecule has 21 heavy (non-hydrogen) atoms. The van der Waals surface area contributed by atoms with Crippen LogP contribution < -0.4 is 10.2 Å². The number of anilines is 1. The van der Waals surface area contributed by atoms with E-state index in [-0.39, 0.29) is 5.82 Å². The number of benzene rings is 1. The molecule has 0 saturated carbocycles. The minimum atomic E-state index is -0.0972. The highest BCUT2D eigenvalue weighted by Gasteiger charge is 2.14. The second kappa shape index (κ2) is 9.00. The van der Waals surface area contributed by atoms with Gasteiger partial charge in [0.25, 0.3) is 0 Å². The number of halogens is 1. The molecule has 0 spiro atoms. The maximum Gasteiger partial charge on any atom is 0.146 e. The highest BCUT2D eigenvalue weighted by molar-refractivity contribution is 5.50. The van der Waals surface area contributed by atoms with Crippen LogP contribution in [0.5, 0.6) is 0 Å². The Morgan fingerprint density at radius 3 is 2.67 bits per heavy atom. The molecule has 4 heteroatoms. The fourth-order valence-electron chi connectivity index (χ4n) is 2.80. The van der Waals surface area contributed by atoms with Gasteiger partial charge in [-0.05, 0) is 43.5 Å². The van der Waals surface area contributed by atoms with Crippen molar-refractivity contribution in [2.45, 2.75) is 38.6 Å². The zero-order chi connectivity index (χ0) is 14.9. The Morgan fingerprint density at radius 1 is 1.19 bits per heavy atom. The standard InChI is InChI=1S/C17H27FN2O/c1-21-12-6-9-19-14-15-7-8-16(18)17(13-15)20-10-4-2-3-5-11-20/h7-8,13,19H,2-6,9-12,14H2,1H3. The van der Waals surface area contributed by atoms with Crippen LogP contribution in [0.2, 0.25) is 0 Å². The third-order valence-corrected chi connectivity index (χ3v) is 3.99. The maximum absolute atomic E-state index is 14.1. The molecule has 1 aromatic carbocycles. The van der Waals surface area contributed by atoms with Gasteiger partial charge in [0.2, 0.25) is 0 Å². The molecule has 1 fully saturated rings. The molecule has 118 valence electrons. The molecule has 0 radical (unpaired) electrons. The Kier molecular flexibility index (Phi) is 6.96. The summed E-state index contributed by atoms with van der Waals surface area (Å²) in [5.74, 6) is -0.0972. The van der Waals surface area contributed by atoms with Crippen LogP contribution in [0, 0.1) is 5.82 Å². The normalized spacial score (nSPS) is 16.0. The van der Waals surface area contributed by atoms with Gasteiger partial charge in [0, 0.05) is 33.4 Å². The minimum Gasteiger partial charge on any atom is -0.385 e. The van der Waals surface area contributed by atoms with E-state index in [0.717, 1.165) is 50.5 Å². The predicted octanol–water partition coefficient (Wildman–Crippen LogP) is 3.33. The molecule has 1 saturated heterocycles. The monoisotopic (exact) mass is 294 g/mol. The van der Waals surface area contributed by atoms with Crippen molar-refractivity contribution < 1.29 is 9.13 Å². The summed E-state index contributed by atoms with van der Waals surface area (Å²) in [5.41, 5.74) is 1.92. The predicted molar refractivity (Wildman–Crippen MR) is 85.3 cm³/mol. The SMILES string of the molecule is COCCCNCc1ccc(F)c(N2CCCCCC2)c1. The largest absolute Gasteiger partial charge is 0.385 e. The Morgan fingerprint density at radius 2 is 1.95 bits per heavy atom. The van der Waals surface area contributed by atoms with Gasteiger partial charge in [0.05, 0.1) is 5.69 Å². The van der Waals surface area contributed by atoms with Crippen LogP contribution in [0.3, 0.4) is 0 Å². The van der Waals surface area contributed by atoms with Gasteiger partial charge in [-0.3, -0.25) is 0 Å². The average Bonchev–Trinajstić information content (AvgIpc) is 2.78. The highest BCUT2D eigenvalue weighted by Crippen LogP contribution is 2.24. The van der Waals surface area contributed by atoms with Crippen molar-refractivity contribution in [3.05, 3.63) is 29.6 Å². The Hall–Kier alpha value is -1.13. The van der Waals surface area contributed by atoms with Gasteiger partial charge in [-0.1, -0.05) is 18.9 Å². The van der Waals surface area contributed by atoms with E-state index in [1.807, 2.05) is 12.1 Å². The number of methoxy groups -OCH3 is 1. The number of rotatable bonds is 7. The lowest BCUT2D eigenvalue weighted by Gasteiger charge is -2.23. The summed E-state index contributed by atoms with van der Waals surface area (Å²) in [6.45, 7) is 4.42. The van der Waals surface area contributed by atoms with Crippen LogP contribution in [0.25, 0.3) is 0 Å². The molecule has 1 N–H and O–H groups in total. The third kappa shape index (κ3) is 5.29. The van der Waals surface area contributed by atoms with Crippen LogP contribution in [0.15, 0.2) is 18.2 Å². The first kappa shape index (κ1) is 16.2. The van der Waals surface area contributed by atoms with Gasteiger partial charge < -0.3 is 15.0 Å². The van der Waals surface area contributed by atoms with E-state index in [4.69, 9.17) is 4.74 Å². The number of hydrogen-bond acceptors (Lipinski definition) is 3. The summed E-state index contributed by atoms with van der Waals surface area (Å²) in [5, 5.41) is 3.38. The average molecular weight is 294 g/mol. The lowest BCUT2D eigenvalue weighted by molar-refractivity contribution is 0.194. The van der Waals surface area contributed by atoms with Gasteiger partial charge in [0.1, 0.15) is 5.82 Å². The summed E-state index contributed by atoms with van der Waals surface area (Å²) in [6, 6.07) is 5.48. The van der Waals surface area contributed by atoms with Crippen LogP contribution in [-0.4, -0.2) is 33.4 Å². The lowest BCUT2D eigenvalue weighted by Crippen LogP contribution is -2.25. The van der Waals surface area contributed by atoms with Crippen LogP contribution >= 0.6 is 0 Å². The van der Waals surface area contributed by atoms with Gasteiger partial charge in [-0.25, -0.2) is 4.39 Å². The number of nitrogens with zero attached hydrogens (tertiary/aromatic N) is 1. The molecule has 0 aromatic heterocycles. The summed E-state index contributed by atoms with van der Waals surface area (Å²) in [4.78, 5) is 2.21. The first-order valence-electron chi connectivity index (χ1n) is 8.04. The second-order valence-electron chi connectivity index (χ2n) is 5.71. The van der Waals surface area contributed by atoms with E-state index in [9.17, 15) is 4.39 Å². The van der Waals surface area contributed by atoms with Gasteiger partial charge >= 0.3 is 0 Å². The van der Waals surface area contributed by atoms with Gasteiger partial charge in [0.15, 0.2) is 0 Å². The van der Waals surface area contributed by atoms with E-state index in [1.54, 1.807) is 13.2 Å². The number of hydrogen-bond donors (Lipinski definition) is 1. The summed E-state index contributed by atoms with van der Waals surface area (Å²) < 4.78 is 19.1. The molecule has 0 unspecified atom stereocenters. The molecule has 0 bridgehead atoms. The minimum absolute atomic E-state index is 0.0972. The Labute approximate surface area is 127 Å². The molecule has 1 aliphatic rings. The van der Waals surface area contributed by atoms with Crippen molar-refractivity contribution in [1.82, 2.24) is 5.32 Å². The van der Waals surface area contributed by atoms with E-state index in [2.05, 4.69) is 10.2 Å². The van der Waals surface area contributed by atoms with Crippen molar-refractivity contribution >= 4 is 5.69 Å². The first-order chi connectivity index (χ1) is 10.3. The zero-order valence-electron chi connectivity index (χ0n) is 13.0. The molecule has 1 aliphatic heterocycles. The van der Waals surface area contributed by atoms with Crippen molar-refractivity contribution in [2.24, 2.45) is 0 Å². The Balaban J connectivity index is 1.92. The van der Waals surface area contributed by atoms with Crippen LogP contribution in [0.1, 0.15) is 37.7 Å². The smallest absolute Gasteiger partial charge is 0.146 e. The highest BCUT2D eigenvalue weighted by atomic mass is 19.1. The summed E-state index contributed by atoms with van der Waals surface area (Å²) in [7, 11) is 1.72. The summed E-state index contributed by atoms with van der Waals surface area (Å²) >= 11 is 0. The molecular weight excluding hydrogens is 267 g/mol. The quantitative estimate of drug-likeness (QED) is 0.781. The molecule has 1 heterocycles. The topological polar surface area (TPSA) is 24.5 Å². The first-order valence-corrected chi connectivity index (χ1v) is 8.04. The van der Waals surface area contributed by atoms with Crippen molar-refractivity contribution in [3.63, 3.8) is 0 Å². The Bertz CT molecular complexity index is 417. The molecule has 0 amide bonds. The molecule has 0 aliphatic carbocycles. The fourth-order valence-corrected chi connectivity index (χ4v) is 2.80. The van der Waals surface area contributed by atoms with E-state index in [0.29, 0.717) is 0 Å². The number of ether oxygens (including phenoxy) is 1. The van der Waals surface area contributed by atoms with Gasteiger partial charge in [-0.15, -0.1) is 0 Å². The van der Waals surface area contributed by atoms with Crippen LogP contribution in [-0.2, 0) is 11.3 Å². The fraction of sp³-hybridized carbons (Fsp3) is 0.647.